The van der Waals surface area contributed by atoms with Crippen molar-refractivity contribution in [3.63, 3.8) is 0 Å². The lowest BCUT2D eigenvalue weighted by atomic mass is 10.3. The van der Waals surface area contributed by atoms with E-state index in [0.29, 0.717) is 0 Å². The Morgan fingerprint density at radius 2 is 1.94 bits per heavy atom. The van der Waals surface area contributed by atoms with Crippen LogP contribution >= 0.6 is 11.3 Å². The maximum atomic E-state index is 5.39. The lowest BCUT2D eigenvalue weighted by molar-refractivity contribution is 0.397. The molecule has 0 aliphatic carbocycles. The fourth-order valence-electron chi connectivity index (χ4n) is 2.28. The molecule has 1 aliphatic heterocycles. The van der Waals surface area contributed by atoms with E-state index >= 15 is 0 Å². The lowest BCUT2D eigenvalue weighted by Crippen LogP contribution is -2.16. The highest BCUT2D eigenvalue weighted by Gasteiger charge is 2.18. The van der Waals surface area contributed by atoms with Crippen molar-refractivity contribution in [2.24, 2.45) is 0 Å². The van der Waals surface area contributed by atoms with Crippen LogP contribution in [0.25, 0.3) is 10.2 Å². The Labute approximate surface area is 110 Å². The predicted molar refractivity (Wildman–Crippen MR) is 74.2 cm³/mol. The Bertz CT molecular complexity index is 561. The van der Waals surface area contributed by atoms with Crippen molar-refractivity contribution in [2.45, 2.75) is 12.8 Å². The Kier molecular flexibility index (Phi) is 2.99. The third-order valence-electron chi connectivity index (χ3n) is 3.25. The maximum absolute atomic E-state index is 5.39. The largest absolute Gasteiger partial charge is 0.497 e. The van der Waals surface area contributed by atoms with Gasteiger partial charge in [0.05, 0.1) is 18.9 Å². The van der Waals surface area contributed by atoms with Gasteiger partial charge in [0.2, 0.25) is 0 Å². The van der Waals surface area contributed by atoms with Gasteiger partial charge >= 0.3 is 0 Å². The molecule has 0 radical (unpaired) electrons. The van der Waals surface area contributed by atoms with Gasteiger partial charge in [0.1, 0.15) is 17.0 Å². The minimum Gasteiger partial charge on any atom is -0.497 e. The number of anilines is 1. The summed E-state index contributed by atoms with van der Waals surface area (Å²) in [6.45, 7) is 2.22. The number of hydrogen-bond donors (Lipinski definition) is 0. The number of benzene rings is 1. The Morgan fingerprint density at radius 1 is 1.17 bits per heavy atom. The zero-order chi connectivity index (χ0) is 12.5. The molecule has 1 aromatic carbocycles. The molecule has 2 aromatic rings. The van der Waals surface area contributed by atoms with Crippen LogP contribution in [0.2, 0.25) is 0 Å². The molecular formula is C13H16N2O2S. The standard InChI is InChI=1S/C13H16N2O2S/c1-16-9-7-10(17-2)12-11(8-9)18-13(14-12)15-5-3-4-6-15/h7-8H,3-6H2,1-2H3. The summed E-state index contributed by atoms with van der Waals surface area (Å²) in [5.41, 5.74) is 0.935. The predicted octanol–water partition coefficient (Wildman–Crippen LogP) is 2.91. The van der Waals surface area contributed by atoms with Crippen molar-refractivity contribution >= 4 is 26.7 Å². The van der Waals surface area contributed by atoms with E-state index < -0.39 is 0 Å². The van der Waals surface area contributed by atoms with Gasteiger partial charge in [-0.3, -0.25) is 0 Å². The van der Waals surface area contributed by atoms with Crippen LogP contribution in [0.5, 0.6) is 11.5 Å². The van der Waals surface area contributed by atoms with Crippen molar-refractivity contribution in [3.05, 3.63) is 12.1 Å². The van der Waals surface area contributed by atoms with E-state index in [0.717, 1.165) is 39.9 Å². The summed E-state index contributed by atoms with van der Waals surface area (Å²) >= 11 is 1.71. The van der Waals surface area contributed by atoms with Gasteiger partial charge in [-0.1, -0.05) is 11.3 Å². The average Bonchev–Trinajstić information content (AvgIpc) is 3.05. The van der Waals surface area contributed by atoms with Gasteiger partial charge in [0, 0.05) is 19.2 Å². The Hall–Kier alpha value is -1.49. The molecule has 18 heavy (non-hydrogen) atoms. The molecule has 0 unspecified atom stereocenters. The summed E-state index contributed by atoms with van der Waals surface area (Å²) in [5, 5.41) is 1.09. The van der Waals surface area contributed by atoms with Crippen molar-refractivity contribution in [1.29, 1.82) is 0 Å². The molecular weight excluding hydrogens is 248 g/mol. The summed E-state index contributed by atoms with van der Waals surface area (Å²) in [7, 11) is 3.34. The Balaban J connectivity index is 2.09. The van der Waals surface area contributed by atoms with Crippen LogP contribution in [0.4, 0.5) is 5.13 Å². The average molecular weight is 264 g/mol. The van der Waals surface area contributed by atoms with Crippen molar-refractivity contribution < 1.29 is 9.47 Å². The molecule has 0 bridgehead atoms. The van der Waals surface area contributed by atoms with Crippen molar-refractivity contribution in [1.82, 2.24) is 4.98 Å². The molecule has 1 aliphatic rings. The highest BCUT2D eigenvalue weighted by molar-refractivity contribution is 7.22. The third-order valence-corrected chi connectivity index (χ3v) is 4.32. The number of hydrogen-bond acceptors (Lipinski definition) is 5. The second-order valence-electron chi connectivity index (χ2n) is 4.37. The zero-order valence-corrected chi connectivity index (χ0v) is 11.4. The molecule has 1 fully saturated rings. The normalized spacial score (nSPS) is 15.3. The van der Waals surface area contributed by atoms with E-state index in [2.05, 4.69) is 4.90 Å². The Morgan fingerprint density at radius 3 is 2.61 bits per heavy atom. The molecule has 4 nitrogen and oxygen atoms in total. The van der Waals surface area contributed by atoms with Gasteiger partial charge in [0.15, 0.2) is 5.13 Å². The topological polar surface area (TPSA) is 34.6 Å². The lowest BCUT2D eigenvalue weighted by Gasteiger charge is -2.11. The number of methoxy groups -OCH3 is 2. The van der Waals surface area contributed by atoms with E-state index in [-0.39, 0.29) is 0 Å². The first-order valence-corrected chi connectivity index (χ1v) is 6.91. The van der Waals surface area contributed by atoms with Crippen LogP contribution < -0.4 is 14.4 Å². The number of ether oxygens (including phenoxy) is 2. The van der Waals surface area contributed by atoms with Gasteiger partial charge < -0.3 is 14.4 Å². The van der Waals surface area contributed by atoms with Gasteiger partial charge in [-0.2, -0.15) is 0 Å². The van der Waals surface area contributed by atoms with Gasteiger partial charge in [0.25, 0.3) is 0 Å². The van der Waals surface area contributed by atoms with E-state index in [4.69, 9.17) is 14.5 Å². The quantitative estimate of drug-likeness (QED) is 0.853. The van der Waals surface area contributed by atoms with E-state index in [9.17, 15) is 0 Å². The fourth-order valence-corrected chi connectivity index (χ4v) is 3.34. The van der Waals surface area contributed by atoms with Crippen LogP contribution in [-0.4, -0.2) is 32.3 Å². The molecule has 0 saturated carbocycles. The number of fused-ring (bicyclic) bond motifs is 1. The summed E-state index contributed by atoms with van der Waals surface area (Å²) in [6, 6.07) is 3.91. The second-order valence-corrected chi connectivity index (χ2v) is 5.38. The molecule has 3 rings (SSSR count). The number of nitrogens with zero attached hydrogens (tertiary/aromatic N) is 2. The molecule has 0 spiro atoms. The van der Waals surface area contributed by atoms with Crippen molar-refractivity contribution in [3.8, 4) is 11.5 Å². The molecule has 1 saturated heterocycles. The van der Waals surface area contributed by atoms with Gasteiger partial charge in [-0.05, 0) is 18.9 Å². The van der Waals surface area contributed by atoms with Gasteiger partial charge in [-0.25, -0.2) is 4.98 Å². The van der Waals surface area contributed by atoms with Crippen LogP contribution in [0.3, 0.4) is 0 Å². The molecule has 0 amide bonds. The van der Waals surface area contributed by atoms with Crippen LogP contribution in [0.15, 0.2) is 12.1 Å². The smallest absolute Gasteiger partial charge is 0.186 e. The number of thiazole rings is 1. The first kappa shape index (κ1) is 11.6. The second kappa shape index (κ2) is 4.65. The summed E-state index contributed by atoms with van der Waals surface area (Å²) in [4.78, 5) is 7.05. The monoisotopic (exact) mass is 264 g/mol. The molecule has 1 aromatic heterocycles. The van der Waals surface area contributed by atoms with Crippen LogP contribution in [0.1, 0.15) is 12.8 Å². The van der Waals surface area contributed by atoms with E-state index in [1.54, 1.807) is 25.6 Å². The van der Waals surface area contributed by atoms with Crippen molar-refractivity contribution in [2.75, 3.05) is 32.2 Å². The van der Waals surface area contributed by atoms with Gasteiger partial charge in [-0.15, -0.1) is 0 Å². The third kappa shape index (κ3) is 1.88. The summed E-state index contributed by atoms with van der Waals surface area (Å²) in [6.07, 6.45) is 2.52. The summed E-state index contributed by atoms with van der Waals surface area (Å²) in [5.74, 6) is 1.60. The number of rotatable bonds is 3. The van der Waals surface area contributed by atoms with E-state index in [1.165, 1.54) is 12.8 Å². The summed E-state index contributed by atoms with van der Waals surface area (Å²) < 4.78 is 11.8. The highest BCUT2D eigenvalue weighted by Crippen LogP contribution is 2.38. The minimum absolute atomic E-state index is 0.783. The SMILES string of the molecule is COc1cc(OC)c2nc(N3CCCC3)sc2c1. The number of aromatic nitrogens is 1. The van der Waals surface area contributed by atoms with Crippen LogP contribution in [0, 0.1) is 0 Å². The minimum atomic E-state index is 0.783. The van der Waals surface area contributed by atoms with E-state index in [1.807, 2.05) is 12.1 Å². The maximum Gasteiger partial charge on any atom is 0.186 e. The molecule has 5 heteroatoms. The molecule has 0 N–H and O–H groups in total. The fraction of sp³-hybridized carbons (Fsp3) is 0.462. The molecule has 2 heterocycles. The zero-order valence-electron chi connectivity index (χ0n) is 10.6. The molecule has 96 valence electrons. The first-order valence-electron chi connectivity index (χ1n) is 6.09. The first-order chi connectivity index (χ1) is 8.81. The molecule has 0 atom stereocenters. The van der Waals surface area contributed by atoms with Crippen LogP contribution in [-0.2, 0) is 0 Å². The highest BCUT2D eigenvalue weighted by atomic mass is 32.1.